The zero-order valence-corrected chi connectivity index (χ0v) is 21.0. The van der Waals surface area contributed by atoms with Gasteiger partial charge in [0.25, 0.3) is 0 Å². The molecular weight excluding hydrogens is 424 g/mol. The fourth-order valence-corrected chi connectivity index (χ4v) is 4.32. The molecular formula is C29H38N2O3. The standard InChI is InChI=1S/C29H38N2O3/c1-28(2,30-20-25(32)21-34-27-19-13-12-18-26(27)33-5)22-31(4)29(3,23-14-8-6-9-15-23)24-16-10-7-11-17-24/h6-19,25,30,32H,20-22H2,1-5H3. The van der Waals surface area contributed by atoms with Gasteiger partial charge >= 0.3 is 0 Å². The molecule has 0 aliphatic carbocycles. The van der Waals surface area contributed by atoms with E-state index in [9.17, 15) is 5.11 Å². The summed E-state index contributed by atoms with van der Waals surface area (Å²) in [5.41, 5.74) is 1.94. The first kappa shape index (κ1) is 25.8. The topological polar surface area (TPSA) is 54.0 Å². The van der Waals surface area contributed by atoms with Crippen LogP contribution < -0.4 is 14.8 Å². The van der Waals surface area contributed by atoms with Crippen LogP contribution in [0, 0.1) is 0 Å². The molecule has 0 aliphatic rings. The maximum Gasteiger partial charge on any atom is 0.161 e. The van der Waals surface area contributed by atoms with Gasteiger partial charge in [0.1, 0.15) is 12.7 Å². The number of aliphatic hydroxyl groups is 1. The minimum absolute atomic E-state index is 0.186. The van der Waals surface area contributed by atoms with Crippen LogP contribution in [-0.2, 0) is 5.54 Å². The summed E-state index contributed by atoms with van der Waals surface area (Å²) in [5.74, 6) is 1.29. The molecule has 0 saturated carbocycles. The van der Waals surface area contributed by atoms with E-state index >= 15 is 0 Å². The third-order valence-electron chi connectivity index (χ3n) is 6.38. The zero-order valence-electron chi connectivity index (χ0n) is 21.0. The molecule has 0 aromatic heterocycles. The lowest BCUT2D eigenvalue weighted by atomic mass is 9.82. The summed E-state index contributed by atoms with van der Waals surface area (Å²) in [7, 11) is 3.77. The van der Waals surface area contributed by atoms with E-state index < -0.39 is 6.10 Å². The Morgan fingerprint density at radius 3 is 1.85 bits per heavy atom. The Labute approximate surface area is 204 Å². The van der Waals surface area contributed by atoms with Crippen LogP contribution in [0.1, 0.15) is 31.9 Å². The van der Waals surface area contributed by atoms with Crippen LogP contribution in [0.2, 0.25) is 0 Å². The molecule has 5 nitrogen and oxygen atoms in total. The molecule has 0 spiro atoms. The number of nitrogens with zero attached hydrogens (tertiary/aromatic N) is 1. The predicted octanol–water partition coefficient (Wildman–Crippen LogP) is 4.70. The lowest BCUT2D eigenvalue weighted by Gasteiger charge is -2.44. The SMILES string of the molecule is COc1ccccc1OCC(O)CNC(C)(C)CN(C)C(C)(c1ccccc1)c1ccccc1. The van der Waals surface area contributed by atoms with Gasteiger partial charge in [0.15, 0.2) is 11.5 Å². The minimum atomic E-state index is -0.649. The third-order valence-corrected chi connectivity index (χ3v) is 6.38. The van der Waals surface area contributed by atoms with Gasteiger partial charge in [0, 0.05) is 18.6 Å². The van der Waals surface area contributed by atoms with Crippen molar-refractivity contribution in [2.24, 2.45) is 0 Å². The smallest absolute Gasteiger partial charge is 0.161 e. The molecule has 3 rings (SSSR count). The van der Waals surface area contributed by atoms with E-state index in [0.717, 1.165) is 6.54 Å². The second kappa shape index (κ2) is 11.5. The second-order valence-electron chi connectivity index (χ2n) is 9.54. The number of ether oxygens (including phenoxy) is 2. The Bertz CT molecular complexity index is 969. The molecule has 0 radical (unpaired) electrons. The molecule has 34 heavy (non-hydrogen) atoms. The number of aliphatic hydroxyl groups excluding tert-OH is 1. The Balaban J connectivity index is 1.64. The number of nitrogens with one attached hydrogen (secondary N) is 1. The van der Waals surface area contributed by atoms with Gasteiger partial charge in [-0.1, -0.05) is 72.8 Å². The monoisotopic (exact) mass is 462 g/mol. The first-order chi connectivity index (χ1) is 16.3. The molecule has 1 atom stereocenters. The number of benzene rings is 3. The summed E-state index contributed by atoms with van der Waals surface area (Å²) in [6.07, 6.45) is -0.649. The summed E-state index contributed by atoms with van der Waals surface area (Å²) in [5, 5.41) is 14.1. The molecule has 0 saturated heterocycles. The zero-order chi connectivity index (χ0) is 24.6. The summed E-state index contributed by atoms with van der Waals surface area (Å²) >= 11 is 0. The van der Waals surface area contributed by atoms with Gasteiger partial charge in [0.2, 0.25) is 0 Å². The molecule has 0 fully saturated rings. The Morgan fingerprint density at radius 2 is 1.32 bits per heavy atom. The van der Waals surface area contributed by atoms with Crippen molar-refractivity contribution in [3.8, 4) is 11.5 Å². The van der Waals surface area contributed by atoms with Crippen LogP contribution in [0.4, 0.5) is 0 Å². The minimum Gasteiger partial charge on any atom is -0.493 e. The van der Waals surface area contributed by atoms with Crippen molar-refractivity contribution in [1.82, 2.24) is 10.2 Å². The number of para-hydroxylation sites is 2. The summed E-state index contributed by atoms with van der Waals surface area (Å²) in [4.78, 5) is 2.38. The van der Waals surface area contributed by atoms with Gasteiger partial charge in [-0.15, -0.1) is 0 Å². The highest BCUT2D eigenvalue weighted by atomic mass is 16.5. The van der Waals surface area contributed by atoms with Gasteiger partial charge in [-0.25, -0.2) is 0 Å². The van der Waals surface area contributed by atoms with E-state index in [0.29, 0.717) is 18.0 Å². The molecule has 2 N–H and O–H groups in total. The van der Waals surface area contributed by atoms with Crippen LogP contribution in [0.25, 0.3) is 0 Å². The number of likely N-dealkylation sites (N-methyl/N-ethyl adjacent to an activating group) is 1. The molecule has 0 bridgehead atoms. The lowest BCUT2D eigenvalue weighted by molar-refractivity contribution is 0.0852. The maximum absolute atomic E-state index is 10.5. The normalized spacial score (nSPS) is 13.0. The number of hydrogen-bond acceptors (Lipinski definition) is 5. The van der Waals surface area contributed by atoms with Crippen molar-refractivity contribution in [3.63, 3.8) is 0 Å². The molecule has 5 heteroatoms. The molecule has 0 heterocycles. The van der Waals surface area contributed by atoms with Crippen molar-refractivity contribution in [1.29, 1.82) is 0 Å². The van der Waals surface area contributed by atoms with E-state index in [2.05, 4.69) is 98.7 Å². The van der Waals surface area contributed by atoms with Gasteiger partial charge in [-0.2, -0.15) is 0 Å². The highest BCUT2D eigenvalue weighted by Crippen LogP contribution is 2.35. The van der Waals surface area contributed by atoms with Crippen LogP contribution in [0.5, 0.6) is 11.5 Å². The van der Waals surface area contributed by atoms with Gasteiger partial charge in [-0.05, 0) is 51.1 Å². The van der Waals surface area contributed by atoms with Crippen molar-refractivity contribution < 1.29 is 14.6 Å². The highest BCUT2D eigenvalue weighted by molar-refractivity contribution is 5.39. The van der Waals surface area contributed by atoms with Crippen LogP contribution >= 0.6 is 0 Å². The quantitative estimate of drug-likeness (QED) is 0.409. The van der Waals surface area contributed by atoms with Crippen molar-refractivity contribution in [3.05, 3.63) is 96.1 Å². The number of β-amino-alcohol motifs (C(OH)–C–C–N with tert-alkyl or cyclic N) is 1. The molecule has 182 valence electrons. The van der Waals surface area contributed by atoms with E-state index in [-0.39, 0.29) is 17.7 Å². The number of methoxy groups -OCH3 is 1. The predicted molar refractivity (Wildman–Crippen MR) is 139 cm³/mol. The van der Waals surface area contributed by atoms with E-state index in [4.69, 9.17) is 9.47 Å². The first-order valence-corrected chi connectivity index (χ1v) is 11.8. The largest absolute Gasteiger partial charge is 0.493 e. The fraction of sp³-hybridized carbons (Fsp3) is 0.379. The van der Waals surface area contributed by atoms with Crippen molar-refractivity contribution in [2.75, 3.05) is 33.9 Å². The summed E-state index contributed by atoms with van der Waals surface area (Å²) < 4.78 is 11.1. The van der Waals surface area contributed by atoms with Gasteiger partial charge in [0.05, 0.1) is 12.6 Å². The van der Waals surface area contributed by atoms with Crippen molar-refractivity contribution in [2.45, 2.75) is 38.0 Å². The second-order valence-corrected chi connectivity index (χ2v) is 9.54. The third kappa shape index (κ3) is 6.38. The summed E-state index contributed by atoms with van der Waals surface area (Å²) in [6.45, 7) is 7.97. The van der Waals surface area contributed by atoms with Crippen LogP contribution in [-0.4, -0.2) is 55.5 Å². The van der Waals surface area contributed by atoms with Gasteiger partial charge < -0.3 is 19.9 Å². The van der Waals surface area contributed by atoms with E-state index in [1.54, 1.807) is 7.11 Å². The average molecular weight is 463 g/mol. The lowest BCUT2D eigenvalue weighted by Crippen LogP contribution is -2.55. The fourth-order valence-electron chi connectivity index (χ4n) is 4.32. The van der Waals surface area contributed by atoms with E-state index in [1.165, 1.54) is 11.1 Å². The molecule has 3 aromatic rings. The average Bonchev–Trinajstić information content (AvgIpc) is 2.86. The maximum atomic E-state index is 10.5. The Kier molecular flexibility index (Phi) is 8.72. The number of rotatable bonds is 12. The molecule has 3 aromatic carbocycles. The van der Waals surface area contributed by atoms with Crippen LogP contribution in [0.15, 0.2) is 84.9 Å². The molecule has 1 unspecified atom stereocenters. The van der Waals surface area contributed by atoms with E-state index in [1.807, 2.05) is 24.3 Å². The van der Waals surface area contributed by atoms with Gasteiger partial charge in [-0.3, -0.25) is 4.90 Å². The Morgan fingerprint density at radius 1 is 0.824 bits per heavy atom. The number of hydrogen-bond donors (Lipinski definition) is 2. The molecule has 0 amide bonds. The van der Waals surface area contributed by atoms with Crippen molar-refractivity contribution >= 4 is 0 Å². The van der Waals surface area contributed by atoms with Crippen LogP contribution in [0.3, 0.4) is 0 Å². The molecule has 0 aliphatic heterocycles. The summed E-state index contributed by atoms with van der Waals surface area (Å²) in [6, 6.07) is 28.6. The Hall–Kier alpha value is -2.86. The highest BCUT2D eigenvalue weighted by Gasteiger charge is 2.36. The first-order valence-electron chi connectivity index (χ1n) is 11.8.